The van der Waals surface area contributed by atoms with E-state index in [4.69, 9.17) is 0 Å². The molecule has 0 radical (unpaired) electrons. The van der Waals surface area contributed by atoms with E-state index in [9.17, 15) is 9.18 Å². The van der Waals surface area contributed by atoms with Crippen LogP contribution in [0.3, 0.4) is 0 Å². The zero-order valence-electron chi connectivity index (χ0n) is 14.6. The molecule has 2 aromatic heterocycles. The third kappa shape index (κ3) is 4.39. The average molecular weight is 403 g/mol. The molecule has 4 rings (SSSR count). The summed E-state index contributed by atoms with van der Waals surface area (Å²) in [5.74, 6) is 0.709. The monoisotopic (exact) mass is 402 g/mol. The molecular weight excluding hydrogens is 383 g/mol. The Bertz CT molecular complexity index is 916. The number of nitrogens with one attached hydrogen (secondary N) is 1. The third-order valence-electron chi connectivity index (χ3n) is 4.56. The number of rotatable bonds is 6. The minimum absolute atomic E-state index is 0.0710. The van der Waals surface area contributed by atoms with Gasteiger partial charge in [0.1, 0.15) is 11.6 Å². The summed E-state index contributed by atoms with van der Waals surface area (Å²) in [4.78, 5) is 16.8. The molecule has 1 aliphatic carbocycles. The number of benzene rings is 1. The Morgan fingerprint density at radius 1 is 1.26 bits per heavy atom. The third-order valence-corrected chi connectivity index (χ3v) is 6.58. The molecule has 1 aromatic carbocycles. The van der Waals surface area contributed by atoms with Gasteiger partial charge in [0.25, 0.3) is 0 Å². The van der Waals surface area contributed by atoms with Crippen LogP contribution in [0.1, 0.15) is 31.7 Å². The number of hydrogen-bond donors (Lipinski definition) is 1. The van der Waals surface area contributed by atoms with Gasteiger partial charge in [-0.25, -0.2) is 14.1 Å². The topological polar surface area (TPSA) is 59.8 Å². The summed E-state index contributed by atoms with van der Waals surface area (Å²) in [5.41, 5.74) is 1.66. The molecule has 0 aliphatic heterocycles. The average Bonchev–Trinajstić information content (AvgIpc) is 3.42. The number of carbonyl (C=O) groups is 1. The lowest BCUT2D eigenvalue weighted by molar-refractivity contribution is -0.113. The molecule has 0 bridgehead atoms. The minimum Gasteiger partial charge on any atom is -0.310 e. The Labute approximate surface area is 165 Å². The van der Waals surface area contributed by atoms with Gasteiger partial charge in [-0.3, -0.25) is 4.79 Å². The number of carbonyl (C=O) groups excluding carboxylic acids is 1. The number of hydrogen-bond acceptors (Lipinski definition) is 5. The van der Waals surface area contributed by atoms with E-state index in [0.29, 0.717) is 6.04 Å². The Hall–Kier alpha value is -2.19. The molecule has 2 heterocycles. The summed E-state index contributed by atoms with van der Waals surface area (Å²) < 4.78 is 15.8. The van der Waals surface area contributed by atoms with E-state index in [-0.39, 0.29) is 17.5 Å². The van der Waals surface area contributed by atoms with Gasteiger partial charge < -0.3 is 5.32 Å². The molecule has 27 heavy (non-hydrogen) atoms. The van der Waals surface area contributed by atoms with Gasteiger partial charge in [0.15, 0.2) is 4.34 Å². The van der Waals surface area contributed by atoms with Crippen molar-refractivity contribution in [2.45, 2.75) is 36.1 Å². The molecule has 1 saturated carbocycles. The normalized spacial score (nSPS) is 14.6. The van der Waals surface area contributed by atoms with Crippen LogP contribution < -0.4 is 5.32 Å². The van der Waals surface area contributed by atoms with Crippen LogP contribution in [0.15, 0.2) is 46.2 Å². The van der Waals surface area contributed by atoms with Gasteiger partial charge in [0, 0.05) is 17.0 Å². The highest BCUT2D eigenvalue weighted by molar-refractivity contribution is 8.01. The van der Waals surface area contributed by atoms with Crippen LogP contribution in [0.25, 0.3) is 11.3 Å². The number of thiazole rings is 1. The summed E-state index contributed by atoms with van der Waals surface area (Å²) in [7, 11) is 0. The number of anilines is 1. The van der Waals surface area contributed by atoms with Crippen molar-refractivity contribution >= 4 is 34.8 Å². The number of amides is 1. The zero-order valence-corrected chi connectivity index (χ0v) is 16.2. The van der Waals surface area contributed by atoms with Crippen molar-refractivity contribution < 1.29 is 9.18 Å². The molecular formula is C19H19FN4OS2. The van der Waals surface area contributed by atoms with Crippen LogP contribution in [0.5, 0.6) is 0 Å². The summed E-state index contributed by atoms with van der Waals surface area (Å²) in [6, 6.07) is 8.48. The second-order valence-electron chi connectivity index (χ2n) is 6.44. The van der Waals surface area contributed by atoms with Crippen molar-refractivity contribution in [1.82, 2.24) is 14.8 Å². The lowest BCUT2D eigenvalue weighted by Gasteiger charge is -2.14. The molecule has 1 aliphatic rings. The second-order valence-corrected chi connectivity index (χ2v) is 8.52. The van der Waals surface area contributed by atoms with Crippen LogP contribution >= 0.6 is 23.1 Å². The molecule has 8 heteroatoms. The molecule has 0 unspecified atom stereocenters. The highest BCUT2D eigenvalue weighted by Crippen LogP contribution is 2.32. The molecule has 0 saturated heterocycles. The van der Waals surface area contributed by atoms with Crippen molar-refractivity contribution in [3.05, 3.63) is 47.7 Å². The smallest absolute Gasteiger partial charge is 0.235 e. The van der Waals surface area contributed by atoms with Crippen molar-refractivity contribution in [1.29, 1.82) is 0 Å². The van der Waals surface area contributed by atoms with E-state index in [1.165, 1.54) is 48.1 Å². The fourth-order valence-electron chi connectivity index (χ4n) is 3.24. The number of thioether (sulfide) groups is 1. The minimum atomic E-state index is -0.267. The maximum atomic E-state index is 13.0. The fraction of sp³-hybridized carbons (Fsp3) is 0.316. The molecule has 1 amide bonds. The first-order chi connectivity index (χ1) is 13.2. The largest absolute Gasteiger partial charge is 0.310 e. The summed E-state index contributed by atoms with van der Waals surface area (Å²) in [6.45, 7) is 0. The molecule has 1 fully saturated rings. The van der Waals surface area contributed by atoms with E-state index < -0.39 is 0 Å². The first kappa shape index (κ1) is 18.2. The fourth-order valence-corrected chi connectivity index (χ4v) is 4.87. The second kappa shape index (κ2) is 8.22. The molecule has 1 N–H and O–H groups in total. The molecule has 3 aromatic rings. The summed E-state index contributed by atoms with van der Waals surface area (Å²) >= 11 is 2.88. The Morgan fingerprint density at radius 3 is 2.81 bits per heavy atom. The van der Waals surface area contributed by atoms with Crippen LogP contribution in [0, 0.1) is 5.82 Å². The summed E-state index contributed by atoms with van der Waals surface area (Å²) in [5, 5.41) is 9.25. The Morgan fingerprint density at radius 2 is 2.04 bits per heavy atom. The van der Waals surface area contributed by atoms with Gasteiger partial charge in [-0.15, -0.1) is 11.3 Å². The Kier molecular flexibility index (Phi) is 5.54. The lowest BCUT2D eigenvalue weighted by Crippen LogP contribution is -2.19. The number of nitrogens with zero attached hydrogens (tertiary/aromatic N) is 3. The molecule has 0 atom stereocenters. The van der Waals surface area contributed by atoms with Gasteiger partial charge in [0.05, 0.1) is 23.7 Å². The predicted octanol–water partition coefficient (Wildman–Crippen LogP) is 4.99. The highest BCUT2D eigenvalue weighted by atomic mass is 32.2. The first-order valence-electron chi connectivity index (χ1n) is 8.87. The molecule has 5 nitrogen and oxygen atoms in total. The van der Waals surface area contributed by atoms with Crippen molar-refractivity contribution in [2.24, 2.45) is 0 Å². The predicted molar refractivity (Wildman–Crippen MR) is 107 cm³/mol. The standard InChI is InChI=1S/C19H19FN4OS2/c20-14-7-5-13(6-8-14)16-11-26-19(22-16)27-12-18(25)23-17-9-10-21-24(17)15-3-1-2-4-15/h5-11,15H,1-4,12H2,(H,23,25). The van der Waals surface area contributed by atoms with Crippen LogP contribution in [-0.2, 0) is 4.79 Å². The van der Waals surface area contributed by atoms with E-state index in [2.05, 4.69) is 15.4 Å². The molecule has 0 spiro atoms. The van der Waals surface area contributed by atoms with E-state index >= 15 is 0 Å². The zero-order chi connectivity index (χ0) is 18.6. The van der Waals surface area contributed by atoms with Gasteiger partial charge in [-0.2, -0.15) is 5.10 Å². The van der Waals surface area contributed by atoms with Crippen molar-refractivity contribution in [3.8, 4) is 11.3 Å². The van der Waals surface area contributed by atoms with Gasteiger partial charge in [-0.1, -0.05) is 24.6 Å². The SMILES string of the molecule is O=C(CSc1nc(-c2ccc(F)cc2)cs1)Nc1ccnn1C1CCCC1. The quantitative estimate of drug-likeness (QED) is 0.590. The van der Waals surface area contributed by atoms with Crippen molar-refractivity contribution in [3.63, 3.8) is 0 Å². The van der Waals surface area contributed by atoms with Crippen LogP contribution in [0.4, 0.5) is 10.2 Å². The van der Waals surface area contributed by atoms with Gasteiger partial charge in [0.2, 0.25) is 5.91 Å². The van der Waals surface area contributed by atoms with Gasteiger partial charge >= 0.3 is 0 Å². The lowest BCUT2D eigenvalue weighted by atomic mass is 10.2. The Balaban J connectivity index is 1.33. The van der Waals surface area contributed by atoms with Crippen LogP contribution in [0.2, 0.25) is 0 Å². The maximum Gasteiger partial charge on any atom is 0.235 e. The summed E-state index contributed by atoms with van der Waals surface area (Å²) in [6.07, 6.45) is 6.40. The first-order valence-corrected chi connectivity index (χ1v) is 10.7. The van der Waals surface area contributed by atoms with Crippen molar-refractivity contribution in [2.75, 3.05) is 11.1 Å². The van der Waals surface area contributed by atoms with E-state index in [0.717, 1.165) is 34.3 Å². The number of aromatic nitrogens is 3. The van der Waals surface area contributed by atoms with Gasteiger partial charge in [-0.05, 0) is 37.1 Å². The highest BCUT2D eigenvalue weighted by Gasteiger charge is 2.20. The molecule has 140 valence electrons. The maximum absolute atomic E-state index is 13.0. The van der Waals surface area contributed by atoms with Crippen LogP contribution in [-0.4, -0.2) is 26.4 Å². The number of halogens is 1. The van der Waals surface area contributed by atoms with E-state index in [1.54, 1.807) is 18.3 Å². The van der Waals surface area contributed by atoms with E-state index in [1.807, 2.05) is 16.1 Å².